The van der Waals surface area contributed by atoms with Crippen molar-refractivity contribution in [3.63, 3.8) is 0 Å². The Balaban J connectivity index is 0.000000161. The molecule has 2 saturated heterocycles. The van der Waals surface area contributed by atoms with Crippen LogP contribution in [0, 0.1) is 17.3 Å². The number of nitrogens with one attached hydrogen (secondary N) is 5. The number of amides is 5. The van der Waals surface area contributed by atoms with Gasteiger partial charge in [0.25, 0.3) is 11.9 Å². The van der Waals surface area contributed by atoms with Gasteiger partial charge in [-0.25, -0.2) is 21.8 Å². The van der Waals surface area contributed by atoms with E-state index in [-0.39, 0.29) is 74.2 Å². The fourth-order valence-electron chi connectivity index (χ4n) is 16.7. The average Bonchev–Trinajstić information content (AvgIpc) is 1.57. The lowest BCUT2D eigenvalue weighted by Crippen LogP contribution is -2.58. The highest BCUT2D eigenvalue weighted by atomic mass is 35.5. The summed E-state index contributed by atoms with van der Waals surface area (Å²) in [6.45, 7) is 11.8. The highest BCUT2D eigenvalue weighted by Gasteiger charge is 2.65. The Morgan fingerprint density at radius 3 is 1.55 bits per heavy atom. The van der Waals surface area contributed by atoms with Crippen molar-refractivity contribution in [3.8, 4) is 28.3 Å². The lowest BCUT2D eigenvalue weighted by Gasteiger charge is -2.30. The highest BCUT2D eigenvalue weighted by molar-refractivity contribution is 7.92. The molecule has 4 aliphatic carbocycles. The summed E-state index contributed by atoms with van der Waals surface area (Å²) in [5, 5.41) is 20.8. The Morgan fingerprint density at radius 1 is 0.557 bits per heavy atom. The zero-order chi connectivity index (χ0) is 81.2. The predicted molar refractivity (Wildman–Crippen MR) is 447 cm³/mol. The van der Waals surface area contributed by atoms with Gasteiger partial charge in [-0.1, -0.05) is 171 Å². The zero-order valence-corrected chi connectivity index (χ0v) is 68.6. The number of Topliss-reactive ketones (excluding diaryl/α,β-unsaturated/α-hetero) is 1. The van der Waals surface area contributed by atoms with Gasteiger partial charge in [0.15, 0.2) is 5.78 Å². The van der Waals surface area contributed by atoms with Gasteiger partial charge in [0.2, 0.25) is 49.0 Å². The number of ether oxygens (including phenoxy) is 1. The summed E-state index contributed by atoms with van der Waals surface area (Å²) in [4.78, 5) is 97.0. The number of nitrogens with zero attached hydrogens (tertiary/aromatic N) is 6. The molecule has 10 atom stereocenters. The van der Waals surface area contributed by atoms with E-state index >= 15 is 0 Å². The number of hydrogen-bond acceptors (Lipinski definition) is 16. The lowest BCUT2D eigenvalue weighted by molar-refractivity contribution is -0.140. The maximum absolute atomic E-state index is 14.8. The number of carbonyl (C=O) groups excluding carboxylic acids is 6. The second kappa shape index (κ2) is 33.9. The molecule has 4 aliphatic heterocycles. The van der Waals surface area contributed by atoms with Crippen molar-refractivity contribution >= 4 is 100 Å². The Hall–Kier alpha value is -9.69. The maximum atomic E-state index is 14.8. The number of benzene rings is 6. The van der Waals surface area contributed by atoms with E-state index in [2.05, 4.69) is 93.0 Å². The van der Waals surface area contributed by atoms with Crippen molar-refractivity contribution in [1.82, 2.24) is 43.7 Å². The molecular formula is C89H106ClN11O12S2. The van der Waals surface area contributed by atoms with Crippen LogP contribution in [-0.2, 0) is 48.8 Å². The second-order valence-corrected chi connectivity index (χ2v) is 38.3. The number of fused-ring (bicyclic) bond motifs is 6. The molecule has 0 spiro atoms. The number of imidazole rings is 2. The largest absolute Gasteiger partial charge is 0.459 e. The van der Waals surface area contributed by atoms with E-state index in [4.69, 9.17) is 21.3 Å². The zero-order valence-electron chi connectivity index (χ0n) is 66.3. The summed E-state index contributed by atoms with van der Waals surface area (Å²) >= 11 is 6.27. The third-order valence-electron chi connectivity index (χ3n) is 24.4. The van der Waals surface area contributed by atoms with Gasteiger partial charge >= 0.3 is 0 Å². The molecule has 0 unspecified atom stereocenters. The van der Waals surface area contributed by atoms with Crippen LogP contribution in [0.2, 0.25) is 5.28 Å². The van der Waals surface area contributed by atoms with E-state index in [1.54, 1.807) is 18.7 Å². The molecular weight excluding hydrogens is 1510 g/mol. The van der Waals surface area contributed by atoms with Gasteiger partial charge in [-0.3, -0.25) is 42.8 Å². The minimum absolute atomic E-state index is 0.0142. The molecule has 0 radical (unpaired) electrons. The Labute approximate surface area is 679 Å². The van der Waals surface area contributed by atoms with Crippen LogP contribution in [0.25, 0.3) is 44.3 Å². The Kier molecular flexibility index (Phi) is 24.1. The number of sulfonamides is 2. The number of anilines is 2. The summed E-state index contributed by atoms with van der Waals surface area (Å²) < 4.78 is 65.7. The topological polar surface area (TPSA) is 302 Å². The minimum atomic E-state index is -3.96. The first-order valence-corrected chi connectivity index (χ1v) is 44.2. The van der Waals surface area contributed by atoms with Gasteiger partial charge in [-0.05, 0) is 184 Å². The van der Waals surface area contributed by atoms with Gasteiger partial charge in [0.1, 0.15) is 35.3 Å². The van der Waals surface area contributed by atoms with Crippen LogP contribution in [0.1, 0.15) is 176 Å². The number of aliphatic hydroxyl groups excluding tert-OH is 1. The Bertz CT molecular complexity index is 5210. The number of rotatable bonds is 16. The quantitative estimate of drug-likeness (QED) is 0.0490. The molecule has 8 aliphatic rings. The molecule has 6 aromatic carbocycles. The van der Waals surface area contributed by atoms with Crippen molar-refractivity contribution in [3.05, 3.63) is 187 Å². The molecule has 115 heavy (non-hydrogen) atoms. The monoisotopic (exact) mass is 1620 g/mol. The fourth-order valence-corrected chi connectivity index (χ4v) is 19.8. The number of ketones is 1. The number of para-hydroxylation sites is 4. The number of aliphatic hydroxyl groups is 1. The average molecular weight is 1620 g/mol. The van der Waals surface area contributed by atoms with E-state index in [1.165, 1.54) is 4.90 Å². The fraction of sp³-hybridized carbons (Fsp3) is 0.461. The van der Waals surface area contributed by atoms with Gasteiger partial charge < -0.3 is 40.2 Å². The van der Waals surface area contributed by atoms with Crippen molar-refractivity contribution in [2.75, 3.05) is 23.7 Å². The lowest BCUT2D eigenvalue weighted by atomic mass is 9.91. The standard InChI is InChI=1S/C44H52N6O6S.C29H39N3O6S.C16H15ClN2/c1-29(2)50-36-23-15-21-34(30-16-9-7-10-17-30)38(36)46-42(50)56-33-26-37-39(51)47-44(41(53)48-57(54,55)43(3)24-25-43)27-31(44)18-11-5-4-6-14-22-35(40(52)49(37)28-33)45-32-19-12-8-13-20-32;1-28(14-15-28)39(37,38)31-27(36)29-17-20(29)10-6-3-2-4-9-13-23(30-21-11-7-5-8-12-21)26(35)32-19-22(33)16-24(32)25(34)18-29;1-11(2)19-14-10-6-9-13(15(14)18-16(19)17)12-7-4-3-5-8-12/h7-13,15-21,23,29,31,33,35,37,45H,4-6,14,22,24-28H2,1-3H3,(H,47,51)(H,48,53);5-8,10-12,20,22-24,30,33H,2-4,9,13-19H2,1H3,(H,31,36);3-11H,1-2H3/b18-11-;10-6-;/t31-,33-,35+,37+,44-;20-,22-,23+,24+,29-;/m11./s1. The van der Waals surface area contributed by atoms with E-state index < -0.39 is 94.6 Å². The predicted octanol–water partition coefficient (Wildman–Crippen LogP) is 14.4. The van der Waals surface area contributed by atoms with Crippen molar-refractivity contribution in [2.45, 2.75) is 227 Å². The number of allylic oxidation sites excluding steroid dienone is 3. The number of carbonyl (C=O) groups is 6. The van der Waals surface area contributed by atoms with E-state index in [1.807, 2.05) is 156 Å². The summed E-state index contributed by atoms with van der Waals surface area (Å²) in [6, 6.07) is 49.3. The summed E-state index contributed by atoms with van der Waals surface area (Å²) in [5.74, 6) is -3.31. The summed E-state index contributed by atoms with van der Waals surface area (Å²) in [6.07, 6.45) is 17.1. The third-order valence-corrected chi connectivity index (χ3v) is 29.0. The number of aromatic nitrogens is 4. The highest BCUT2D eigenvalue weighted by Crippen LogP contribution is 2.58. The van der Waals surface area contributed by atoms with Crippen LogP contribution >= 0.6 is 11.6 Å². The van der Waals surface area contributed by atoms with Crippen molar-refractivity contribution < 1.29 is 55.4 Å². The smallest absolute Gasteiger partial charge is 0.297 e. The van der Waals surface area contributed by atoms with Gasteiger partial charge in [0, 0.05) is 66.3 Å². The van der Waals surface area contributed by atoms with Gasteiger partial charge in [-0.15, -0.1) is 0 Å². The maximum Gasteiger partial charge on any atom is 0.297 e. The van der Waals surface area contributed by atoms with Crippen LogP contribution in [0.3, 0.4) is 0 Å². The molecule has 16 rings (SSSR count). The van der Waals surface area contributed by atoms with Crippen LogP contribution in [0.5, 0.6) is 6.01 Å². The van der Waals surface area contributed by atoms with Crippen LogP contribution in [-0.4, -0.2) is 151 Å². The SMILES string of the molecule is CC(C)n1c(Cl)nc2c(-c3ccccc3)cccc21.CC(C)n1c(O[C@@H]2C[C@H]3C(=O)N[C@]4(C(=O)NS(=O)(=O)C5(C)CC5)C[C@H]4/C=C\CCCCC[C@H](Nc4ccccc4)C(=O)N3C2)nc2c(-c3ccccc3)cccc21.CC1(S(=O)(=O)NC(=O)[C@]23CC(=O)[C@@H]4C[C@@H](O)CN4C(=O)[C@@H](Nc4ccccc4)CCCCC/C=C\[C@@H]2C3)CC1. The molecule has 8 aromatic rings. The van der Waals surface area contributed by atoms with Crippen LogP contribution in [0.15, 0.2) is 182 Å². The molecule has 6 N–H and O–H groups in total. The second-order valence-electron chi connectivity index (χ2n) is 33.6. The molecule has 4 saturated carbocycles. The van der Waals surface area contributed by atoms with Crippen molar-refractivity contribution in [2.24, 2.45) is 17.3 Å². The van der Waals surface area contributed by atoms with Crippen LogP contribution < -0.4 is 30.1 Å². The molecule has 0 bridgehead atoms. The Morgan fingerprint density at radius 2 is 1.03 bits per heavy atom. The van der Waals surface area contributed by atoms with E-state index in [9.17, 15) is 50.7 Å². The molecule has 5 amide bonds. The molecule has 26 heteroatoms. The van der Waals surface area contributed by atoms with E-state index in [0.717, 1.165) is 107 Å². The molecule has 6 fully saturated rings. The first-order chi connectivity index (χ1) is 55.1. The molecule has 2 aromatic heterocycles. The molecule has 608 valence electrons. The normalized spacial score (nSPS) is 26.5. The van der Waals surface area contributed by atoms with Gasteiger partial charge in [0.05, 0.1) is 50.1 Å². The minimum Gasteiger partial charge on any atom is -0.459 e. The van der Waals surface area contributed by atoms with Crippen molar-refractivity contribution in [1.29, 1.82) is 0 Å². The molecule has 23 nitrogen and oxygen atoms in total. The summed E-state index contributed by atoms with van der Waals surface area (Å²) in [7, 11) is -7.81. The van der Waals surface area contributed by atoms with E-state index in [0.29, 0.717) is 62.3 Å². The van der Waals surface area contributed by atoms with Gasteiger partial charge in [-0.2, -0.15) is 4.98 Å². The number of halogens is 1. The molecule has 6 heterocycles. The number of hydrogen-bond donors (Lipinski definition) is 6. The summed E-state index contributed by atoms with van der Waals surface area (Å²) in [5.41, 5.74) is 7.02. The first-order valence-electron chi connectivity index (χ1n) is 40.8. The third kappa shape index (κ3) is 17.7. The van der Waals surface area contributed by atoms with Crippen LogP contribution in [0.4, 0.5) is 11.4 Å². The first kappa shape index (κ1) is 81.9.